The second-order valence-electron chi connectivity index (χ2n) is 9.04. The molecular weight excluding hydrogens is 511 g/mol. The molecule has 0 aromatic heterocycles. The molecule has 0 saturated carbocycles. The van der Waals surface area contributed by atoms with Gasteiger partial charge in [0.25, 0.3) is 5.91 Å². The van der Waals surface area contributed by atoms with Gasteiger partial charge in [0.15, 0.2) is 0 Å². The Labute approximate surface area is 226 Å². The number of hydrogen-bond donors (Lipinski definition) is 1. The Bertz CT molecular complexity index is 1300. The molecule has 1 saturated heterocycles. The van der Waals surface area contributed by atoms with Gasteiger partial charge in [-0.05, 0) is 74.5 Å². The molecule has 2 aliphatic rings. The van der Waals surface area contributed by atoms with E-state index in [1.807, 2.05) is 61.5 Å². The minimum atomic E-state index is -0.0637. The minimum Gasteiger partial charge on any atom is -0.369 e. The Morgan fingerprint density at radius 1 is 0.972 bits per heavy atom. The molecule has 3 aromatic carbocycles. The molecule has 0 bridgehead atoms. The molecule has 36 heavy (non-hydrogen) atoms. The number of nitrogens with zero attached hydrogens (tertiary/aromatic N) is 3. The van der Waals surface area contributed by atoms with E-state index in [-0.39, 0.29) is 5.91 Å². The second-order valence-corrected chi connectivity index (χ2v) is 11.0. The zero-order valence-corrected chi connectivity index (χ0v) is 22.5. The highest BCUT2D eigenvalue weighted by atomic mass is 35.5. The molecule has 1 amide bonds. The Hall–Kier alpha value is -2.51. The van der Waals surface area contributed by atoms with Crippen molar-refractivity contribution in [2.75, 3.05) is 44.2 Å². The van der Waals surface area contributed by atoms with Crippen molar-refractivity contribution in [3.05, 3.63) is 81.8 Å². The third-order valence-electron chi connectivity index (χ3n) is 6.54. The van der Waals surface area contributed by atoms with Crippen LogP contribution < -0.4 is 10.2 Å². The minimum absolute atomic E-state index is 0.0637. The molecule has 5 nitrogen and oxygen atoms in total. The number of amides is 1. The van der Waals surface area contributed by atoms with E-state index in [0.717, 1.165) is 70.9 Å². The summed E-state index contributed by atoms with van der Waals surface area (Å²) < 4.78 is 0. The van der Waals surface area contributed by atoms with Crippen LogP contribution in [0.2, 0.25) is 10.0 Å². The van der Waals surface area contributed by atoms with Crippen LogP contribution in [-0.2, 0) is 0 Å². The average Bonchev–Trinajstić information content (AvgIpc) is 3.02. The number of hydrogen-bond acceptors (Lipinski definition) is 5. The lowest BCUT2D eigenvalue weighted by molar-refractivity contribution is 0.0951. The summed E-state index contributed by atoms with van der Waals surface area (Å²) >= 11 is 14.0. The van der Waals surface area contributed by atoms with E-state index >= 15 is 0 Å². The zero-order valence-electron chi connectivity index (χ0n) is 20.1. The lowest BCUT2D eigenvalue weighted by atomic mass is 10.1. The van der Waals surface area contributed by atoms with Gasteiger partial charge in [-0.2, -0.15) is 0 Å². The first-order chi connectivity index (χ1) is 17.5. The van der Waals surface area contributed by atoms with Crippen LogP contribution >= 0.6 is 35.0 Å². The van der Waals surface area contributed by atoms with Gasteiger partial charge in [-0.15, -0.1) is 0 Å². The summed E-state index contributed by atoms with van der Waals surface area (Å²) in [6, 6.07) is 19.6. The van der Waals surface area contributed by atoms with Crippen LogP contribution in [-0.4, -0.2) is 55.8 Å². The van der Waals surface area contributed by atoms with Gasteiger partial charge < -0.3 is 10.2 Å². The summed E-state index contributed by atoms with van der Waals surface area (Å²) in [5, 5.41) is 4.54. The van der Waals surface area contributed by atoms with Crippen LogP contribution in [0.4, 0.5) is 11.4 Å². The maximum absolute atomic E-state index is 12.8. The van der Waals surface area contributed by atoms with Crippen molar-refractivity contribution in [1.82, 2.24) is 10.2 Å². The number of nitrogens with one attached hydrogen (secondary N) is 1. The van der Waals surface area contributed by atoms with Gasteiger partial charge in [0.2, 0.25) is 0 Å². The molecule has 0 aliphatic carbocycles. The van der Waals surface area contributed by atoms with E-state index in [1.165, 1.54) is 5.69 Å². The molecule has 5 rings (SSSR count). The summed E-state index contributed by atoms with van der Waals surface area (Å²) in [7, 11) is 0. The lowest BCUT2D eigenvalue weighted by Crippen LogP contribution is -2.47. The number of aliphatic imine (C=N–C) groups is 1. The third-order valence-corrected chi connectivity index (χ3v) is 8.15. The largest absolute Gasteiger partial charge is 0.369 e. The predicted molar refractivity (Wildman–Crippen MR) is 151 cm³/mol. The Morgan fingerprint density at radius 3 is 2.56 bits per heavy atom. The normalized spacial score (nSPS) is 15.5. The summed E-state index contributed by atoms with van der Waals surface area (Å²) in [6.45, 7) is 7.57. The van der Waals surface area contributed by atoms with E-state index in [1.54, 1.807) is 11.8 Å². The highest BCUT2D eigenvalue weighted by Crippen LogP contribution is 2.41. The van der Waals surface area contributed by atoms with Gasteiger partial charge in [0, 0.05) is 75.1 Å². The van der Waals surface area contributed by atoms with Crippen LogP contribution in [0.15, 0.2) is 75.4 Å². The molecular formula is C28H28Cl2N4OS. The lowest BCUT2D eigenvalue weighted by Gasteiger charge is -2.36. The highest BCUT2D eigenvalue weighted by Gasteiger charge is 2.19. The molecule has 1 fully saturated rings. The monoisotopic (exact) mass is 538 g/mol. The molecule has 8 heteroatoms. The first kappa shape index (κ1) is 25.2. The van der Waals surface area contributed by atoms with E-state index in [0.29, 0.717) is 17.1 Å². The standard InChI is InChI=1S/C28H28Cl2N4OS/c1-19-24-18-22(30)7-9-26(24)36-27-8-6-20(16-25(27)32-19)28(35)31-10-3-11-33-12-14-34(15-13-33)23-5-2-4-21(29)17-23/h2,4-9,16-18H,3,10-15H2,1H3,(H,31,35). The summed E-state index contributed by atoms with van der Waals surface area (Å²) in [6.07, 6.45) is 0.914. The quantitative estimate of drug-likeness (QED) is 0.362. The fourth-order valence-electron chi connectivity index (χ4n) is 4.57. The zero-order chi connectivity index (χ0) is 25.1. The van der Waals surface area contributed by atoms with E-state index in [2.05, 4.69) is 21.2 Å². The highest BCUT2D eigenvalue weighted by molar-refractivity contribution is 7.99. The summed E-state index contributed by atoms with van der Waals surface area (Å²) in [4.78, 5) is 24.6. The van der Waals surface area contributed by atoms with Crippen LogP contribution in [0.3, 0.4) is 0 Å². The molecule has 2 aliphatic heterocycles. The van der Waals surface area contributed by atoms with Gasteiger partial charge >= 0.3 is 0 Å². The van der Waals surface area contributed by atoms with Crippen molar-refractivity contribution < 1.29 is 4.79 Å². The molecule has 186 valence electrons. The Balaban J connectivity index is 1.11. The number of anilines is 1. The van der Waals surface area contributed by atoms with Gasteiger partial charge in [-0.25, -0.2) is 0 Å². The van der Waals surface area contributed by atoms with E-state index in [9.17, 15) is 4.79 Å². The molecule has 1 N–H and O–H groups in total. The fourth-order valence-corrected chi connectivity index (χ4v) is 5.97. The predicted octanol–water partition coefficient (Wildman–Crippen LogP) is 6.54. The van der Waals surface area contributed by atoms with Crippen molar-refractivity contribution in [3.63, 3.8) is 0 Å². The SMILES string of the molecule is CC1=Nc2cc(C(=O)NCCCN3CCN(c4cccc(Cl)c4)CC3)ccc2Sc2ccc(Cl)cc21. The van der Waals surface area contributed by atoms with E-state index < -0.39 is 0 Å². The number of rotatable bonds is 6. The van der Waals surface area contributed by atoms with Crippen LogP contribution in [0.5, 0.6) is 0 Å². The number of piperazine rings is 1. The molecule has 0 spiro atoms. The average molecular weight is 540 g/mol. The number of halogens is 2. The number of carbonyl (C=O) groups is 1. The first-order valence-electron chi connectivity index (χ1n) is 12.1. The molecule has 2 heterocycles. The Kier molecular flexibility index (Phi) is 7.87. The Morgan fingerprint density at radius 2 is 1.75 bits per heavy atom. The van der Waals surface area contributed by atoms with Crippen LogP contribution in [0, 0.1) is 0 Å². The van der Waals surface area contributed by atoms with E-state index in [4.69, 9.17) is 28.2 Å². The van der Waals surface area contributed by atoms with Crippen molar-refractivity contribution in [2.45, 2.75) is 23.1 Å². The van der Waals surface area contributed by atoms with Crippen molar-refractivity contribution in [2.24, 2.45) is 4.99 Å². The smallest absolute Gasteiger partial charge is 0.251 e. The van der Waals surface area contributed by atoms with Gasteiger partial charge in [-0.3, -0.25) is 14.7 Å². The van der Waals surface area contributed by atoms with Gasteiger partial charge in [-0.1, -0.05) is 41.0 Å². The maximum Gasteiger partial charge on any atom is 0.251 e. The first-order valence-corrected chi connectivity index (χ1v) is 13.7. The van der Waals surface area contributed by atoms with Crippen molar-refractivity contribution in [3.8, 4) is 0 Å². The van der Waals surface area contributed by atoms with Crippen molar-refractivity contribution in [1.29, 1.82) is 0 Å². The third kappa shape index (κ3) is 5.89. The van der Waals surface area contributed by atoms with Crippen LogP contribution in [0.1, 0.15) is 29.3 Å². The molecule has 3 aromatic rings. The van der Waals surface area contributed by atoms with Crippen LogP contribution in [0.25, 0.3) is 0 Å². The molecule has 0 unspecified atom stereocenters. The summed E-state index contributed by atoms with van der Waals surface area (Å²) in [5.74, 6) is -0.0637. The number of benzene rings is 3. The molecule has 0 atom stereocenters. The second kappa shape index (κ2) is 11.3. The summed E-state index contributed by atoms with van der Waals surface area (Å²) in [5.41, 5.74) is 4.55. The van der Waals surface area contributed by atoms with Crippen molar-refractivity contribution >= 4 is 58.0 Å². The fraction of sp³-hybridized carbons (Fsp3) is 0.286. The van der Waals surface area contributed by atoms with Gasteiger partial charge in [0.05, 0.1) is 5.69 Å². The topological polar surface area (TPSA) is 47.9 Å². The molecule has 0 radical (unpaired) electrons. The number of fused-ring (bicyclic) bond motifs is 2. The maximum atomic E-state index is 12.8. The number of carbonyl (C=O) groups excluding carboxylic acids is 1. The van der Waals surface area contributed by atoms with Gasteiger partial charge in [0.1, 0.15) is 0 Å².